The summed E-state index contributed by atoms with van der Waals surface area (Å²) < 4.78 is 37.2. The van der Waals surface area contributed by atoms with Gasteiger partial charge in [0.25, 0.3) is 16.0 Å². The van der Waals surface area contributed by atoms with E-state index >= 15 is 0 Å². The van der Waals surface area contributed by atoms with Gasteiger partial charge < -0.3 is 20.5 Å². The van der Waals surface area contributed by atoms with Gasteiger partial charge in [-0.3, -0.25) is 29.0 Å². The minimum Gasteiger partial charge on any atom is -0.508 e. The van der Waals surface area contributed by atoms with Crippen LogP contribution < -0.4 is 16.0 Å². The number of hydrogen-bond acceptors (Lipinski definition) is 11. The second-order valence-electron chi connectivity index (χ2n) is 11.7. The zero-order valence-corrected chi connectivity index (χ0v) is 29.9. The quantitative estimate of drug-likeness (QED) is 0.166. The van der Waals surface area contributed by atoms with Crippen molar-refractivity contribution in [3.8, 4) is 5.75 Å². The molecular weight excluding hydrogens is 691 g/mol. The number of carbonyl (C=O) groups is 4. The van der Waals surface area contributed by atoms with Crippen molar-refractivity contribution in [3.05, 3.63) is 88.0 Å². The highest BCUT2D eigenvalue weighted by molar-refractivity contribution is 8.17. The molecule has 1 aliphatic heterocycles. The Labute approximate surface area is 294 Å². The van der Waals surface area contributed by atoms with Crippen LogP contribution in [0.4, 0.5) is 0 Å². The first-order valence-corrected chi connectivity index (χ1v) is 19.6. The molecule has 0 aromatic heterocycles. The van der Waals surface area contributed by atoms with Crippen LogP contribution in [0.3, 0.4) is 0 Å². The van der Waals surface area contributed by atoms with Crippen LogP contribution in [-0.2, 0) is 34.0 Å². The SMILES string of the molecule is CCCCC1(CC)NC(c2ccccc2)C2=C(C=C(OCC(=O)N[C@@H](C(=O)NCCS(=O)(=O)O)c3ccc(O)cc3)C(SC)C2=O)SC1=O. The molecule has 12 nitrogen and oxygen atoms in total. The molecule has 0 bridgehead atoms. The predicted molar refractivity (Wildman–Crippen MR) is 189 cm³/mol. The van der Waals surface area contributed by atoms with Gasteiger partial charge in [-0.1, -0.05) is 69.2 Å². The van der Waals surface area contributed by atoms with Gasteiger partial charge in [-0.2, -0.15) is 8.42 Å². The third-order valence-corrected chi connectivity index (χ3v) is 11.1. The maximum atomic E-state index is 14.3. The Kier molecular flexibility index (Phi) is 13.1. The molecule has 4 rings (SSSR count). The summed E-state index contributed by atoms with van der Waals surface area (Å²) in [6.45, 7) is 3.03. The molecule has 3 unspecified atom stereocenters. The molecule has 4 atom stereocenters. The molecule has 1 heterocycles. The first-order valence-electron chi connectivity index (χ1n) is 15.8. The summed E-state index contributed by atoms with van der Waals surface area (Å²) in [7, 11) is -4.34. The third-order valence-electron chi connectivity index (χ3n) is 8.36. The fraction of sp³-hybridized carbons (Fsp3) is 0.412. The summed E-state index contributed by atoms with van der Waals surface area (Å²) in [5.74, 6) is -2.35. The second kappa shape index (κ2) is 16.9. The Morgan fingerprint density at radius 2 is 1.80 bits per heavy atom. The van der Waals surface area contributed by atoms with E-state index in [1.807, 2.05) is 37.3 Å². The van der Waals surface area contributed by atoms with Gasteiger partial charge in [0.2, 0.25) is 11.0 Å². The molecule has 0 fully saturated rings. The summed E-state index contributed by atoms with van der Waals surface area (Å²) in [4.78, 5) is 54.8. The summed E-state index contributed by atoms with van der Waals surface area (Å²) >= 11 is 2.24. The monoisotopic (exact) mass is 731 g/mol. The number of phenols is 1. The van der Waals surface area contributed by atoms with Crippen LogP contribution >= 0.6 is 23.5 Å². The fourth-order valence-corrected chi connectivity index (χ4v) is 7.96. The van der Waals surface area contributed by atoms with Crippen LogP contribution in [0.1, 0.15) is 62.7 Å². The van der Waals surface area contributed by atoms with Gasteiger partial charge in [0, 0.05) is 17.0 Å². The number of hydrogen-bond donors (Lipinski definition) is 5. The molecule has 264 valence electrons. The lowest BCUT2D eigenvalue weighted by Gasteiger charge is -2.35. The summed E-state index contributed by atoms with van der Waals surface area (Å²) in [6.07, 6.45) is 6.26. The lowest BCUT2D eigenvalue weighted by atomic mass is 9.85. The van der Waals surface area contributed by atoms with Crippen LogP contribution in [-0.4, -0.2) is 76.7 Å². The maximum Gasteiger partial charge on any atom is 0.266 e. The second-order valence-corrected chi connectivity index (χ2v) is 15.2. The number of unbranched alkanes of at least 4 members (excludes halogenated alkanes) is 1. The molecule has 0 radical (unpaired) electrons. The number of thioether (sulfide) groups is 2. The Morgan fingerprint density at radius 1 is 1.10 bits per heavy atom. The molecule has 2 amide bonds. The molecule has 49 heavy (non-hydrogen) atoms. The molecule has 15 heteroatoms. The summed E-state index contributed by atoms with van der Waals surface area (Å²) in [5, 5.41) is 17.3. The van der Waals surface area contributed by atoms with Gasteiger partial charge in [-0.05, 0) is 60.2 Å². The van der Waals surface area contributed by atoms with Crippen LogP contribution in [0, 0.1) is 0 Å². The molecule has 5 N–H and O–H groups in total. The average molecular weight is 732 g/mol. The lowest BCUT2D eigenvalue weighted by molar-refractivity contribution is -0.131. The standard InChI is InChI=1S/C34H41N3O9S3/c1-4-6-16-34(5-2)33(42)48-25-19-24(31(47-3)30(40)27(25)28(37-34)21-10-8-7-9-11-21)46-20-26(39)36-29(22-12-14-23(38)15-13-22)32(41)35-17-18-49(43,44)45/h7-15,19,28-29,31,37-38H,4-6,16-18,20H2,1-3H3,(H,35,41)(H,36,39)(H,43,44,45)/t28?,29-,31?,34?/m1/s1. The molecule has 1 aliphatic carbocycles. The summed E-state index contributed by atoms with van der Waals surface area (Å²) in [5.41, 5.74) is 0.726. The topological polar surface area (TPSA) is 188 Å². The molecule has 0 saturated carbocycles. The molecule has 0 saturated heterocycles. The van der Waals surface area contributed by atoms with E-state index in [-0.39, 0.29) is 28.0 Å². The maximum absolute atomic E-state index is 14.3. The van der Waals surface area contributed by atoms with Crippen LogP contribution in [0.5, 0.6) is 5.75 Å². The number of amides is 2. The number of aromatic hydroxyl groups is 1. The van der Waals surface area contributed by atoms with Gasteiger partial charge >= 0.3 is 0 Å². The lowest BCUT2D eigenvalue weighted by Crippen LogP contribution is -2.52. The van der Waals surface area contributed by atoms with Crippen molar-refractivity contribution in [3.63, 3.8) is 0 Å². The van der Waals surface area contributed by atoms with Gasteiger partial charge in [-0.25, -0.2) is 0 Å². The summed E-state index contributed by atoms with van der Waals surface area (Å²) in [6, 6.07) is 13.1. The van der Waals surface area contributed by atoms with E-state index in [9.17, 15) is 32.7 Å². The van der Waals surface area contributed by atoms with E-state index in [0.29, 0.717) is 23.3 Å². The zero-order chi connectivity index (χ0) is 35.8. The van der Waals surface area contributed by atoms with E-state index in [0.717, 1.165) is 30.2 Å². The number of carbonyl (C=O) groups excluding carboxylic acids is 4. The van der Waals surface area contributed by atoms with Gasteiger partial charge in [0.05, 0.1) is 17.3 Å². The van der Waals surface area contributed by atoms with E-state index in [2.05, 4.69) is 22.9 Å². The largest absolute Gasteiger partial charge is 0.508 e. The number of rotatable bonds is 15. The van der Waals surface area contributed by atoms with Gasteiger partial charge in [0.1, 0.15) is 22.8 Å². The van der Waals surface area contributed by atoms with Crippen molar-refractivity contribution >= 4 is 56.4 Å². The number of ketones is 1. The van der Waals surface area contributed by atoms with Crippen LogP contribution in [0.15, 0.2) is 76.9 Å². The van der Waals surface area contributed by atoms with Gasteiger partial charge in [-0.15, -0.1) is 11.8 Å². The number of phenolic OH excluding ortho intramolecular Hbond substituents is 1. The first kappa shape index (κ1) is 38.2. The van der Waals surface area contributed by atoms with Crippen LogP contribution in [0.25, 0.3) is 0 Å². The van der Waals surface area contributed by atoms with Crippen molar-refractivity contribution in [1.82, 2.24) is 16.0 Å². The Balaban J connectivity index is 1.61. The fourth-order valence-electron chi connectivity index (χ4n) is 5.68. The smallest absolute Gasteiger partial charge is 0.266 e. The van der Waals surface area contributed by atoms with Crippen molar-refractivity contribution in [2.75, 3.05) is 25.2 Å². The Hall–Kier alpha value is -3.63. The highest BCUT2D eigenvalue weighted by atomic mass is 32.2. The highest BCUT2D eigenvalue weighted by Gasteiger charge is 2.47. The minimum absolute atomic E-state index is 0.0734. The Bertz CT molecular complexity index is 1710. The van der Waals surface area contributed by atoms with Crippen molar-refractivity contribution in [2.45, 2.75) is 62.4 Å². The van der Waals surface area contributed by atoms with E-state index in [4.69, 9.17) is 9.29 Å². The molecular formula is C34H41N3O9S3. The number of nitrogens with one attached hydrogen (secondary N) is 3. The predicted octanol–water partition coefficient (Wildman–Crippen LogP) is 3.97. The average Bonchev–Trinajstić information content (AvgIpc) is 3.19. The number of Topliss-reactive ketones (excluding diaryl/α,β-unsaturated/α-hetero) is 1. The van der Waals surface area contributed by atoms with Crippen molar-refractivity contribution in [2.24, 2.45) is 0 Å². The van der Waals surface area contributed by atoms with E-state index < -0.39 is 63.7 Å². The molecule has 2 aromatic carbocycles. The molecule has 2 aliphatic rings. The minimum atomic E-state index is -4.34. The normalized spacial score (nSPS) is 21.7. The number of allylic oxidation sites excluding steroid dienone is 1. The highest BCUT2D eigenvalue weighted by Crippen LogP contribution is 2.46. The first-order chi connectivity index (χ1) is 23.3. The molecule has 0 spiro atoms. The third kappa shape index (κ3) is 9.54. The zero-order valence-electron chi connectivity index (χ0n) is 27.4. The van der Waals surface area contributed by atoms with Crippen LogP contribution in [0.2, 0.25) is 0 Å². The van der Waals surface area contributed by atoms with E-state index in [1.165, 1.54) is 36.0 Å². The number of ether oxygens (including phenoxy) is 1. The van der Waals surface area contributed by atoms with Crippen molar-refractivity contribution in [1.29, 1.82) is 0 Å². The Morgan fingerprint density at radius 3 is 2.41 bits per heavy atom. The van der Waals surface area contributed by atoms with Gasteiger partial charge in [0.15, 0.2) is 12.4 Å². The van der Waals surface area contributed by atoms with Crippen molar-refractivity contribution < 1.29 is 42.0 Å². The molecule has 2 aromatic rings. The number of benzene rings is 2. The van der Waals surface area contributed by atoms with E-state index in [1.54, 1.807) is 12.3 Å².